The van der Waals surface area contributed by atoms with Crippen molar-refractivity contribution in [3.8, 4) is 0 Å². The summed E-state index contributed by atoms with van der Waals surface area (Å²) in [6.45, 7) is 11.4. The van der Waals surface area contributed by atoms with Crippen LogP contribution in [0.15, 0.2) is 30.3 Å². The summed E-state index contributed by atoms with van der Waals surface area (Å²) >= 11 is 0. The van der Waals surface area contributed by atoms with Crippen molar-refractivity contribution in [1.82, 2.24) is 10.2 Å². The van der Waals surface area contributed by atoms with Crippen LogP contribution in [0.4, 0.5) is 0 Å². The highest BCUT2D eigenvalue weighted by Crippen LogP contribution is 2.22. The van der Waals surface area contributed by atoms with Crippen molar-refractivity contribution >= 4 is 17.9 Å². The van der Waals surface area contributed by atoms with Gasteiger partial charge in [0.2, 0.25) is 11.8 Å². The summed E-state index contributed by atoms with van der Waals surface area (Å²) in [5, 5.41) is 2.70. The molecule has 0 saturated carbocycles. The van der Waals surface area contributed by atoms with Crippen molar-refractivity contribution < 1.29 is 9.59 Å². The van der Waals surface area contributed by atoms with Crippen LogP contribution in [0.3, 0.4) is 0 Å². The largest absolute Gasteiger partial charge is 0.355 e. The van der Waals surface area contributed by atoms with Gasteiger partial charge in [-0.2, -0.15) is 0 Å². The molecule has 4 heteroatoms. The Bertz CT molecular complexity index is 554. The topological polar surface area (TPSA) is 49.4 Å². The molecule has 0 saturated heterocycles. The molecule has 0 aliphatic heterocycles. The van der Waals surface area contributed by atoms with Gasteiger partial charge in [-0.25, -0.2) is 0 Å². The Hall–Kier alpha value is -2.10. The van der Waals surface area contributed by atoms with Crippen molar-refractivity contribution in [2.75, 3.05) is 19.6 Å². The average molecular weight is 316 g/mol. The Morgan fingerprint density at radius 1 is 1.13 bits per heavy atom. The van der Waals surface area contributed by atoms with E-state index in [0.29, 0.717) is 13.1 Å². The Balaban J connectivity index is 2.71. The molecular weight excluding hydrogens is 288 g/mol. The van der Waals surface area contributed by atoms with Gasteiger partial charge in [0, 0.05) is 19.2 Å². The summed E-state index contributed by atoms with van der Waals surface area (Å²) in [5.74, 6) is -0.288. The molecule has 0 unspecified atom stereocenters. The predicted octanol–water partition coefficient (Wildman–Crippen LogP) is 2.98. The third-order valence-corrected chi connectivity index (χ3v) is 3.60. The fraction of sp³-hybridized carbons (Fsp3) is 0.474. The minimum atomic E-state index is -0.154. The van der Waals surface area contributed by atoms with E-state index in [0.717, 1.165) is 5.56 Å². The molecule has 1 aromatic carbocycles. The Morgan fingerprint density at radius 2 is 1.74 bits per heavy atom. The first-order valence-electron chi connectivity index (χ1n) is 8.12. The minimum Gasteiger partial charge on any atom is -0.355 e. The highest BCUT2D eigenvalue weighted by molar-refractivity contribution is 5.94. The zero-order valence-corrected chi connectivity index (χ0v) is 14.8. The highest BCUT2D eigenvalue weighted by Gasteiger charge is 2.13. The van der Waals surface area contributed by atoms with Gasteiger partial charge in [-0.1, -0.05) is 45.0 Å². The fourth-order valence-corrected chi connectivity index (χ4v) is 2.14. The Kier molecular flexibility index (Phi) is 7.01. The standard InChI is InChI=1S/C19H28N2O2/c1-6-20-17(22)14-21(7-2)18(23)13-10-15-8-11-16(12-9-15)19(3,4)5/h8-13H,6-7,14H2,1-5H3,(H,20,22)/b13-10+. The van der Waals surface area contributed by atoms with Crippen molar-refractivity contribution in [3.63, 3.8) is 0 Å². The Morgan fingerprint density at radius 3 is 2.22 bits per heavy atom. The van der Waals surface area contributed by atoms with Crippen LogP contribution in [-0.4, -0.2) is 36.3 Å². The number of nitrogens with one attached hydrogen (secondary N) is 1. The summed E-state index contributed by atoms with van der Waals surface area (Å²) < 4.78 is 0. The second-order valence-electron chi connectivity index (χ2n) is 6.51. The number of likely N-dealkylation sites (N-methyl/N-ethyl adjacent to an activating group) is 2. The molecule has 4 nitrogen and oxygen atoms in total. The lowest BCUT2D eigenvalue weighted by Crippen LogP contribution is -2.39. The summed E-state index contributed by atoms with van der Waals surface area (Å²) in [4.78, 5) is 25.3. The van der Waals surface area contributed by atoms with E-state index in [2.05, 4.69) is 38.2 Å². The smallest absolute Gasteiger partial charge is 0.247 e. The maximum absolute atomic E-state index is 12.2. The molecule has 0 aliphatic rings. The quantitative estimate of drug-likeness (QED) is 0.820. The van der Waals surface area contributed by atoms with Crippen molar-refractivity contribution in [2.45, 2.75) is 40.0 Å². The summed E-state index contributed by atoms with van der Waals surface area (Å²) in [7, 11) is 0. The monoisotopic (exact) mass is 316 g/mol. The van der Waals surface area contributed by atoms with E-state index in [4.69, 9.17) is 0 Å². The number of carbonyl (C=O) groups is 2. The maximum Gasteiger partial charge on any atom is 0.247 e. The third kappa shape index (κ3) is 6.27. The molecule has 1 rings (SSSR count). The first kappa shape index (κ1) is 18.9. The summed E-state index contributed by atoms with van der Waals surface area (Å²) in [5.41, 5.74) is 2.34. The van der Waals surface area contributed by atoms with Gasteiger partial charge in [-0.15, -0.1) is 0 Å². The van der Waals surface area contributed by atoms with Gasteiger partial charge in [0.15, 0.2) is 0 Å². The van der Waals surface area contributed by atoms with Crippen LogP contribution < -0.4 is 5.32 Å². The van der Waals surface area contributed by atoms with Crippen molar-refractivity contribution in [3.05, 3.63) is 41.5 Å². The third-order valence-electron chi connectivity index (χ3n) is 3.60. The first-order valence-corrected chi connectivity index (χ1v) is 8.12. The molecule has 0 spiro atoms. The second-order valence-corrected chi connectivity index (χ2v) is 6.51. The van der Waals surface area contributed by atoms with Gasteiger partial charge in [0.25, 0.3) is 0 Å². The number of hydrogen-bond donors (Lipinski definition) is 1. The Labute approximate surface area is 139 Å². The van der Waals surface area contributed by atoms with Gasteiger partial charge in [-0.3, -0.25) is 9.59 Å². The fourth-order valence-electron chi connectivity index (χ4n) is 2.14. The van der Waals surface area contributed by atoms with Gasteiger partial charge in [0.1, 0.15) is 0 Å². The molecular formula is C19H28N2O2. The van der Waals surface area contributed by atoms with E-state index in [-0.39, 0.29) is 23.8 Å². The highest BCUT2D eigenvalue weighted by atomic mass is 16.2. The van der Waals surface area contributed by atoms with E-state index in [1.165, 1.54) is 16.5 Å². The molecule has 2 amide bonds. The van der Waals surface area contributed by atoms with Crippen LogP contribution in [0.1, 0.15) is 45.7 Å². The molecule has 0 radical (unpaired) electrons. The van der Waals surface area contributed by atoms with E-state index in [1.54, 1.807) is 6.08 Å². The number of amides is 2. The van der Waals surface area contributed by atoms with Crippen LogP contribution in [0.5, 0.6) is 0 Å². The minimum absolute atomic E-state index is 0.0937. The number of rotatable bonds is 6. The normalized spacial score (nSPS) is 11.5. The van der Waals surface area contributed by atoms with Gasteiger partial charge >= 0.3 is 0 Å². The SMILES string of the molecule is CCNC(=O)CN(CC)C(=O)/C=C/c1ccc(C(C)(C)C)cc1. The lowest BCUT2D eigenvalue weighted by atomic mass is 9.87. The van der Waals surface area contributed by atoms with Crippen molar-refractivity contribution in [1.29, 1.82) is 0 Å². The molecule has 23 heavy (non-hydrogen) atoms. The molecule has 0 aromatic heterocycles. The molecule has 0 fully saturated rings. The zero-order valence-electron chi connectivity index (χ0n) is 14.8. The lowest BCUT2D eigenvalue weighted by molar-refractivity contribution is -0.132. The molecule has 0 atom stereocenters. The van der Waals surface area contributed by atoms with Gasteiger partial charge in [-0.05, 0) is 36.5 Å². The van der Waals surface area contributed by atoms with Crippen LogP contribution in [0, 0.1) is 0 Å². The zero-order chi connectivity index (χ0) is 17.5. The molecule has 126 valence electrons. The van der Waals surface area contributed by atoms with Crippen LogP contribution >= 0.6 is 0 Å². The number of carbonyl (C=O) groups excluding carboxylic acids is 2. The van der Waals surface area contributed by atoms with E-state index in [9.17, 15) is 9.59 Å². The van der Waals surface area contributed by atoms with E-state index in [1.807, 2.05) is 26.0 Å². The van der Waals surface area contributed by atoms with Crippen LogP contribution in [0.2, 0.25) is 0 Å². The van der Waals surface area contributed by atoms with Crippen LogP contribution in [-0.2, 0) is 15.0 Å². The van der Waals surface area contributed by atoms with E-state index < -0.39 is 0 Å². The molecule has 0 aliphatic carbocycles. The number of benzene rings is 1. The maximum atomic E-state index is 12.2. The van der Waals surface area contributed by atoms with Crippen molar-refractivity contribution in [2.24, 2.45) is 0 Å². The predicted molar refractivity (Wildman–Crippen MR) is 95.1 cm³/mol. The number of nitrogens with zero attached hydrogens (tertiary/aromatic N) is 1. The van der Waals surface area contributed by atoms with Gasteiger partial charge in [0.05, 0.1) is 6.54 Å². The second kappa shape index (κ2) is 8.51. The lowest BCUT2D eigenvalue weighted by Gasteiger charge is -2.19. The van der Waals surface area contributed by atoms with E-state index >= 15 is 0 Å². The first-order chi connectivity index (χ1) is 10.8. The average Bonchev–Trinajstić information content (AvgIpc) is 2.50. The van der Waals surface area contributed by atoms with Gasteiger partial charge < -0.3 is 10.2 Å². The summed E-state index contributed by atoms with van der Waals surface area (Å²) in [6, 6.07) is 8.17. The van der Waals surface area contributed by atoms with Crippen LogP contribution in [0.25, 0.3) is 6.08 Å². The molecule has 0 heterocycles. The molecule has 0 bridgehead atoms. The summed E-state index contributed by atoms with van der Waals surface area (Å²) in [6.07, 6.45) is 3.31. The molecule has 1 N–H and O–H groups in total. The molecule has 1 aromatic rings. The number of hydrogen-bond acceptors (Lipinski definition) is 2.